The zero-order valence-electron chi connectivity index (χ0n) is 13.7. The van der Waals surface area contributed by atoms with Crippen molar-refractivity contribution >= 4 is 12.6 Å². The molecule has 1 fully saturated rings. The van der Waals surface area contributed by atoms with E-state index in [1.807, 2.05) is 58.9 Å². The summed E-state index contributed by atoms with van der Waals surface area (Å²) in [6, 6.07) is 7.64. The second kappa shape index (κ2) is 5.63. The molecule has 5 heteroatoms. The molecule has 1 aromatic carbocycles. The van der Waals surface area contributed by atoms with Crippen LogP contribution in [0.3, 0.4) is 0 Å². The van der Waals surface area contributed by atoms with Crippen LogP contribution in [0.1, 0.15) is 41.5 Å². The molecule has 0 saturated carbocycles. The monoisotopic (exact) mass is 292 g/mol. The molecule has 1 aliphatic rings. The van der Waals surface area contributed by atoms with Crippen LogP contribution in [0.5, 0.6) is 5.75 Å². The maximum absolute atomic E-state index is 9.53. The summed E-state index contributed by atoms with van der Waals surface area (Å²) >= 11 is 0. The average Bonchev–Trinajstić information content (AvgIpc) is 2.58. The van der Waals surface area contributed by atoms with Gasteiger partial charge in [-0.2, -0.15) is 0 Å². The number of aliphatic hydroxyl groups is 1. The molecule has 116 valence electrons. The van der Waals surface area contributed by atoms with Gasteiger partial charge in [0.2, 0.25) is 0 Å². The van der Waals surface area contributed by atoms with E-state index in [4.69, 9.17) is 14.0 Å². The smallest absolute Gasteiger partial charge is 0.488 e. The molecule has 1 N–H and O–H groups in total. The van der Waals surface area contributed by atoms with Crippen LogP contribution in [0, 0.1) is 0 Å². The van der Waals surface area contributed by atoms with Gasteiger partial charge in [0.05, 0.1) is 17.3 Å². The first-order valence-corrected chi connectivity index (χ1v) is 7.43. The van der Waals surface area contributed by atoms with Crippen LogP contribution in [-0.4, -0.2) is 35.6 Å². The van der Waals surface area contributed by atoms with Crippen molar-refractivity contribution in [2.24, 2.45) is 0 Å². The fourth-order valence-electron chi connectivity index (χ4n) is 2.03. The Labute approximate surface area is 127 Å². The van der Waals surface area contributed by atoms with E-state index in [1.54, 1.807) is 6.92 Å². The Balaban J connectivity index is 2.16. The molecule has 0 bridgehead atoms. The van der Waals surface area contributed by atoms with Crippen molar-refractivity contribution in [2.75, 3.05) is 0 Å². The van der Waals surface area contributed by atoms with E-state index in [0.717, 1.165) is 5.46 Å². The largest absolute Gasteiger partial charge is 0.494 e. The third-order valence-corrected chi connectivity index (χ3v) is 4.38. The standard InChI is InChI=1S/C16H25BO4/c1-11(18)12(2)19-14-9-7-8-13(10-14)17-20-15(3,4)16(5,6)21-17/h7-12,18H,1-6H3. The van der Waals surface area contributed by atoms with Gasteiger partial charge in [0.15, 0.2) is 0 Å². The lowest BCUT2D eigenvalue weighted by Crippen LogP contribution is -2.41. The highest BCUT2D eigenvalue weighted by Gasteiger charge is 2.51. The van der Waals surface area contributed by atoms with Gasteiger partial charge in [-0.25, -0.2) is 0 Å². The van der Waals surface area contributed by atoms with E-state index >= 15 is 0 Å². The van der Waals surface area contributed by atoms with Crippen LogP contribution in [0.25, 0.3) is 0 Å². The Hall–Kier alpha value is -1.04. The van der Waals surface area contributed by atoms with Crippen LogP contribution in [0.2, 0.25) is 0 Å². The van der Waals surface area contributed by atoms with Gasteiger partial charge in [0.25, 0.3) is 0 Å². The molecule has 0 aromatic heterocycles. The molecule has 0 amide bonds. The van der Waals surface area contributed by atoms with Gasteiger partial charge in [-0.1, -0.05) is 12.1 Å². The van der Waals surface area contributed by atoms with E-state index in [9.17, 15) is 5.11 Å². The summed E-state index contributed by atoms with van der Waals surface area (Å²) in [5, 5.41) is 9.53. The molecule has 2 unspecified atom stereocenters. The lowest BCUT2D eigenvalue weighted by Gasteiger charge is -2.32. The molecular formula is C16H25BO4. The topological polar surface area (TPSA) is 47.9 Å². The molecule has 0 radical (unpaired) electrons. The lowest BCUT2D eigenvalue weighted by molar-refractivity contribution is 0.00578. The highest BCUT2D eigenvalue weighted by atomic mass is 16.7. The number of hydrogen-bond donors (Lipinski definition) is 1. The molecular weight excluding hydrogens is 267 g/mol. The fraction of sp³-hybridized carbons (Fsp3) is 0.625. The molecule has 21 heavy (non-hydrogen) atoms. The first-order valence-electron chi connectivity index (χ1n) is 7.43. The van der Waals surface area contributed by atoms with Crippen molar-refractivity contribution in [2.45, 2.75) is 65.0 Å². The number of rotatable bonds is 4. The van der Waals surface area contributed by atoms with Gasteiger partial charge >= 0.3 is 7.12 Å². The van der Waals surface area contributed by atoms with Crippen molar-refractivity contribution in [3.05, 3.63) is 24.3 Å². The molecule has 1 aromatic rings. The van der Waals surface area contributed by atoms with Crippen LogP contribution in [0.15, 0.2) is 24.3 Å². The second-order valence-electron chi connectivity index (χ2n) is 6.72. The van der Waals surface area contributed by atoms with Gasteiger partial charge in [0, 0.05) is 0 Å². The molecule has 2 rings (SSSR count). The Morgan fingerprint density at radius 2 is 1.67 bits per heavy atom. The van der Waals surface area contributed by atoms with Gasteiger partial charge in [-0.05, 0) is 59.1 Å². The number of ether oxygens (including phenoxy) is 1. The normalized spacial score (nSPS) is 22.9. The third kappa shape index (κ3) is 3.42. The predicted octanol–water partition coefficient (Wildman–Crippen LogP) is 2.13. The van der Waals surface area contributed by atoms with Crippen LogP contribution < -0.4 is 10.2 Å². The summed E-state index contributed by atoms with van der Waals surface area (Å²) in [7, 11) is -0.402. The van der Waals surface area contributed by atoms with Crippen molar-refractivity contribution < 1.29 is 19.2 Å². The molecule has 4 nitrogen and oxygen atoms in total. The van der Waals surface area contributed by atoms with E-state index in [1.165, 1.54) is 0 Å². The minimum Gasteiger partial charge on any atom is -0.488 e. The first kappa shape index (κ1) is 16.3. The highest BCUT2D eigenvalue weighted by Crippen LogP contribution is 2.36. The SMILES string of the molecule is CC(O)C(C)Oc1cccc(B2OC(C)(C)C(C)(C)O2)c1. The van der Waals surface area contributed by atoms with E-state index in [-0.39, 0.29) is 17.3 Å². The minimum absolute atomic E-state index is 0.265. The van der Waals surface area contributed by atoms with Gasteiger partial charge in [0.1, 0.15) is 11.9 Å². The first-order chi connectivity index (χ1) is 9.62. The highest BCUT2D eigenvalue weighted by molar-refractivity contribution is 6.62. The number of aliphatic hydroxyl groups excluding tert-OH is 1. The van der Waals surface area contributed by atoms with Gasteiger partial charge < -0.3 is 19.2 Å². The van der Waals surface area contributed by atoms with Crippen molar-refractivity contribution in [1.82, 2.24) is 0 Å². The average molecular weight is 292 g/mol. The zero-order chi connectivity index (χ0) is 15.8. The van der Waals surface area contributed by atoms with Crippen LogP contribution in [0.4, 0.5) is 0 Å². The Morgan fingerprint density at radius 1 is 1.10 bits per heavy atom. The number of hydrogen-bond acceptors (Lipinski definition) is 4. The Bertz CT molecular complexity index is 483. The summed E-state index contributed by atoms with van der Waals surface area (Å²) in [4.78, 5) is 0. The lowest BCUT2D eigenvalue weighted by atomic mass is 9.79. The van der Waals surface area contributed by atoms with Crippen molar-refractivity contribution in [3.63, 3.8) is 0 Å². The molecule has 2 atom stereocenters. The second-order valence-corrected chi connectivity index (χ2v) is 6.72. The fourth-order valence-corrected chi connectivity index (χ4v) is 2.03. The Morgan fingerprint density at radius 3 is 2.19 bits per heavy atom. The van der Waals surface area contributed by atoms with Gasteiger partial charge in [-0.15, -0.1) is 0 Å². The van der Waals surface area contributed by atoms with Crippen LogP contribution >= 0.6 is 0 Å². The molecule has 1 saturated heterocycles. The minimum atomic E-state index is -0.523. The van der Waals surface area contributed by atoms with Crippen LogP contribution in [-0.2, 0) is 9.31 Å². The quantitative estimate of drug-likeness (QED) is 0.864. The summed E-state index contributed by atoms with van der Waals surface area (Å²) in [5.41, 5.74) is 0.201. The van der Waals surface area contributed by atoms with Crippen molar-refractivity contribution in [1.29, 1.82) is 0 Å². The maximum Gasteiger partial charge on any atom is 0.494 e. The zero-order valence-corrected chi connectivity index (χ0v) is 13.7. The van der Waals surface area contributed by atoms with Crippen molar-refractivity contribution in [3.8, 4) is 5.75 Å². The third-order valence-electron chi connectivity index (χ3n) is 4.38. The number of benzene rings is 1. The summed E-state index contributed by atoms with van der Waals surface area (Å²) in [6.45, 7) is 11.7. The molecule has 1 aliphatic heterocycles. The molecule has 0 aliphatic carbocycles. The van der Waals surface area contributed by atoms with E-state index < -0.39 is 13.2 Å². The predicted molar refractivity (Wildman–Crippen MR) is 83.9 cm³/mol. The summed E-state index contributed by atoms with van der Waals surface area (Å²) in [6.07, 6.45) is -0.788. The molecule has 0 spiro atoms. The summed E-state index contributed by atoms with van der Waals surface area (Å²) in [5.74, 6) is 0.704. The summed E-state index contributed by atoms with van der Waals surface area (Å²) < 4.78 is 17.8. The van der Waals surface area contributed by atoms with E-state index in [2.05, 4.69) is 0 Å². The van der Waals surface area contributed by atoms with E-state index in [0.29, 0.717) is 5.75 Å². The maximum atomic E-state index is 9.53. The molecule has 1 heterocycles. The Kier molecular flexibility index (Phi) is 4.38. The van der Waals surface area contributed by atoms with Gasteiger partial charge in [-0.3, -0.25) is 0 Å².